The van der Waals surface area contributed by atoms with Gasteiger partial charge in [0.15, 0.2) is 5.16 Å². The summed E-state index contributed by atoms with van der Waals surface area (Å²) in [7, 11) is 1.87. The van der Waals surface area contributed by atoms with E-state index in [1.165, 1.54) is 18.1 Å². The van der Waals surface area contributed by atoms with Crippen LogP contribution in [0.15, 0.2) is 28.9 Å². The molecule has 0 spiro atoms. The average molecular weight is 228 g/mol. The van der Waals surface area contributed by atoms with E-state index < -0.39 is 0 Å². The number of hydrogen-bond donors (Lipinski definition) is 0. The van der Waals surface area contributed by atoms with E-state index in [2.05, 4.69) is 20.2 Å². The predicted octanol–water partition coefficient (Wildman–Crippen LogP) is 1.41. The van der Waals surface area contributed by atoms with Crippen LogP contribution in [0.2, 0.25) is 5.15 Å². The zero-order valence-corrected chi connectivity index (χ0v) is 8.83. The maximum Gasteiger partial charge on any atom is 0.197 e. The van der Waals surface area contributed by atoms with Crippen LogP contribution in [0.3, 0.4) is 0 Å². The fourth-order valence-electron chi connectivity index (χ4n) is 0.832. The van der Waals surface area contributed by atoms with Crippen LogP contribution in [-0.2, 0) is 7.05 Å². The lowest BCUT2D eigenvalue weighted by molar-refractivity contribution is 0.786. The van der Waals surface area contributed by atoms with Gasteiger partial charge in [0.25, 0.3) is 0 Å². The largest absolute Gasteiger partial charge is 0.311 e. The van der Waals surface area contributed by atoms with Crippen molar-refractivity contribution >= 4 is 23.4 Å². The fourth-order valence-corrected chi connectivity index (χ4v) is 1.78. The molecule has 0 radical (unpaired) electrons. The maximum atomic E-state index is 5.72. The van der Waals surface area contributed by atoms with Gasteiger partial charge in [-0.2, -0.15) is 0 Å². The van der Waals surface area contributed by atoms with Crippen LogP contribution in [0.4, 0.5) is 0 Å². The third-order valence-electron chi connectivity index (χ3n) is 1.47. The van der Waals surface area contributed by atoms with Gasteiger partial charge in [-0.05, 0) is 11.8 Å². The van der Waals surface area contributed by atoms with Gasteiger partial charge >= 0.3 is 0 Å². The number of aromatic nitrogens is 5. The van der Waals surface area contributed by atoms with E-state index in [1.807, 2.05) is 7.05 Å². The van der Waals surface area contributed by atoms with Gasteiger partial charge in [-0.25, -0.2) is 9.97 Å². The van der Waals surface area contributed by atoms with E-state index in [0.29, 0.717) is 5.15 Å². The van der Waals surface area contributed by atoms with Crippen LogP contribution >= 0.6 is 23.4 Å². The van der Waals surface area contributed by atoms with Crippen molar-refractivity contribution in [1.29, 1.82) is 0 Å². The normalized spacial score (nSPS) is 10.4. The first-order valence-electron chi connectivity index (χ1n) is 3.75. The Morgan fingerprint density at radius 3 is 2.93 bits per heavy atom. The highest BCUT2D eigenvalue weighted by Gasteiger charge is 2.04. The van der Waals surface area contributed by atoms with Crippen molar-refractivity contribution in [2.24, 2.45) is 7.05 Å². The lowest BCUT2D eigenvalue weighted by Gasteiger charge is -1.98. The topological polar surface area (TPSA) is 56.5 Å². The number of hydrogen-bond acceptors (Lipinski definition) is 5. The number of halogens is 1. The van der Waals surface area contributed by atoms with Crippen molar-refractivity contribution in [3.63, 3.8) is 0 Å². The first-order valence-corrected chi connectivity index (χ1v) is 4.94. The van der Waals surface area contributed by atoms with Crippen LogP contribution < -0.4 is 0 Å². The van der Waals surface area contributed by atoms with Crippen molar-refractivity contribution in [3.8, 4) is 0 Å². The highest BCUT2D eigenvalue weighted by Crippen LogP contribution is 2.23. The molecule has 0 unspecified atom stereocenters. The van der Waals surface area contributed by atoms with Gasteiger partial charge in [0.05, 0.1) is 0 Å². The van der Waals surface area contributed by atoms with Crippen molar-refractivity contribution in [1.82, 2.24) is 24.7 Å². The second-order valence-corrected chi connectivity index (χ2v) is 3.88. The van der Waals surface area contributed by atoms with E-state index in [1.54, 1.807) is 17.0 Å². The van der Waals surface area contributed by atoms with Gasteiger partial charge in [0, 0.05) is 13.1 Å². The summed E-state index contributed by atoms with van der Waals surface area (Å²) in [4.78, 5) is 7.83. The first kappa shape index (κ1) is 9.42. The molecule has 0 N–H and O–H groups in total. The zero-order valence-electron chi connectivity index (χ0n) is 7.25. The minimum absolute atomic E-state index is 0.421. The number of nitrogens with zero attached hydrogens (tertiary/aromatic N) is 5. The molecule has 0 aliphatic heterocycles. The van der Waals surface area contributed by atoms with Gasteiger partial charge < -0.3 is 4.57 Å². The lowest BCUT2D eigenvalue weighted by Crippen LogP contribution is -1.90. The van der Waals surface area contributed by atoms with Crippen LogP contribution in [0.1, 0.15) is 0 Å². The minimum Gasteiger partial charge on any atom is -0.311 e. The molecule has 0 fully saturated rings. The van der Waals surface area contributed by atoms with Gasteiger partial charge in [-0.15, -0.1) is 10.2 Å². The Hall–Kier alpha value is -1.14. The molecule has 5 nitrogen and oxygen atoms in total. The lowest BCUT2D eigenvalue weighted by atomic mass is 10.7. The van der Waals surface area contributed by atoms with E-state index in [-0.39, 0.29) is 0 Å². The highest BCUT2D eigenvalue weighted by molar-refractivity contribution is 7.99. The van der Waals surface area contributed by atoms with Gasteiger partial charge in [-0.3, -0.25) is 0 Å². The van der Waals surface area contributed by atoms with Crippen molar-refractivity contribution in [2.45, 2.75) is 10.2 Å². The predicted molar refractivity (Wildman–Crippen MR) is 52.2 cm³/mol. The molecule has 0 amide bonds. The van der Waals surface area contributed by atoms with Gasteiger partial charge in [-0.1, -0.05) is 11.6 Å². The summed E-state index contributed by atoms with van der Waals surface area (Å²) in [5.41, 5.74) is 0. The summed E-state index contributed by atoms with van der Waals surface area (Å²) in [5, 5.41) is 9.60. The third-order valence-corrected chi connectivity index (χ3v) is 2.67. The van der Waals surface area contributed by atoms with Crippen LogP contribution in [0.5, 0.6) is 0 Å². The molecule has 7 heteroatoms. The van der Waals surface area contributed by atoms with E-state index in [0.717, 1.165) is 10.2 Å². The molecule has 2 aromatic rings. The molecular formula is C7H6ClN5S. The molecule has 0 bridgehead atoms. The molecule has 2 aromatic heterocycles. The Balaban J connectivity index is 2.23. The quantitative estimate of drug-likeness (QED) is 0.726. The Bertz CT molecular complexity index is 443. The Kier molecular flexibility index (Phi) is 2.64. The third kappa shape index (κ3) is 2.02. The highest BCUT2D eigenvalue weighted by atomic mass is 35.5. The first-order chi connectivity index (χ1) is 6.75. The summed E-state index contributed by atoms with van der Waals surface area (Å²) < 4.78 is 1.81. The summed E-state index contributed by atoms with van der Waals surface area (Å²) in [6.07, 6.45) is 3.05. The monoisotopic (exact) mass is 227 g/mol. The molecule has 0 saturated heterocycles. The molecule has 72 valence electrons. The van der Waals surface area contributed by atoms with Crippen molar-refractivity contribution in [3.05, 3.63) is 23.9 Å². The molecule has 0 aromatic carbocycles. The minimum atomic E-state index is 0.421. The molecule has 0 saturated carbocycles. The maximum absolute atomic E-state index is 5.72. The molecule has 2 rings (SSSR count). The molecule has 0 atom stereocenters. The van der Waals surface area contributed by atoms with Crippen molar-refractivity contribution in [2.75, 3.05) is 0 Å². The summed E-state index contributed by atoms with van der Waals surface area (Å²) in [6.45, 7) is 0. The Morgan fingerprint density at radius 1 is 1.43 bits per heavy atom. The molecule has 14 heavy (non-hydrogen) atoms. The Labute approximate surface area is 89.5 Å². The van der Waals surface area contributed by atoms with Gasteiger partial charge in [0.2, 0.25) is 0 Å². The van der Waals surface area contributed by atoms with Crippen LogP contribution in [-0.4, -0.2) is 24.7 Å². The number of aryl methyl sites for hydroxylation is 1. The van der Waals surface area contributed by atoms with Gasteiger partial charge in [0.1, 0.15) is 22.8 Å². The fraction of sp³-hybridized carbons (Fsp3) is 0.143. The van der Waals surface area contributed by atoms with E-state index in [4.69, 9.17) is 11.6 Å². The average Bonchev–Trinajstić information content (AvgIpc) is 2.52. The van der Waals surface area contributed by atoms with Crippen molar-refractivity contribution < 1.29 is 0 Å². The van der Waals surface area contributed by atoms with Crippen LogP contribution in [0.25, 0.3) is 0 Å². The standard InChI is InChI=1S/C7H6ClN5S/c1-13-4-11-12-7(13)14-6-2-5(8)9-3-10-6/h2-4H,1H3. The second kappa shape index (κ2) is 3.93. The van der Waals surface area contributed by atoms with E-state index >= 15 is 0 Å². The molecule has 2 heterocycles. The zero-order chi connectivity index (χ0) is 9.97. The number of rotatable bonds is 2. The second-order valence-electron chi connectivity index (χ2n) is 2.51. The Morgan fingerprint density at radius 2 is 2.29 bits per heavy atom. The summed E-state index contributed by atoms with van der Waals surface area (Å²) in [6, 6.07) is 1.68. The summed E-state index contributed by atoms with van der Waals surface area (Å²) in [5.74, 6) is 0. The SMILES string of the molecule is Cn1cnnc1Sc1cc(Cl)ncn1. The summed E-state index contributed by atoms with van der Waals surface area (Å²) >= 11 is 7.11. The smallest absolute Gasteiger partial charge is 0.197 e. The molecule has 0 aliphatic carbocycles. The van der Waals surface area contributed by atoms with E-state index in [9.17, 15) is 0 Å². The molecular weight excluding hydrogens is 222 g/mol. The van der Waals surface area contributed by atoms with Crippen LogP contribution in [0, 0.1) is 0 Å². The molecule has 0 aliphatic rings.